The normalized spacial score (nSPS) is 20.4. The summed E-state index contributed by atoms with van der Waals surface area (Å²) in [5.74, 6) is 0.596. The zero-order chi connectivity index (χ0) is 13.1. The van der Waals surface area contributed by atoms with Crippen molar-refractivity contribution in [2.75, 3.05) is 18.5 Å². The van der Waals surface area contributed by atoms with Crippen molar-refractivity contribution in [3.8, 4) is 5.69 Å². The van der Waals surface area contributed by atoms with Crippen LogP contribution < -0.4 is 5.32 Å². The van der Waals surface area contributed by atoms with Gasteiger partial charge < -0.3 is 10.1 Å². The SMILES string of the molecule is CC(Nc1cccc(-n2cnnc2)c1)C1CCOC1. The molecule has 1 aliphatic heterocycles. The van der Waals surface area contributed by atoms with Gasteiger partial charge in [-0.25, -0.2) is 0 Å². The van der Waals surface area contributed by atoms with Crippen LogP contribution in [0.4, 0.5) is 5.69 Å². The maximum absolute atomic E-state index is 5.44. The van der Waals surface area contributed by atoms with Crippen molar-refractivity contribution in [2.45, 2.75) is 19.4 Å². The molecule has 100 valence electrons. The van der Waals surface area contributed by atoms with Crippen LogP contribution in [0.3, 0.4) is 0 Å². The Morgan fingerprint density at radius 3 is 2.95 bits per heavy atom. The van der Waals surface area contributed by atoms with E-state index in [4.69, 9.17) is 4.74 Å². The molecule has 1 saturated heterocycles. The van der Waals surface area contributed by atoms with Crippen LogP contribution in [0.15, 0.2) is 36.9 Å². The quantitative estimate of drug-likeness (QED) is 0.912. The van der Waals surface area contributed by atoms with Crippen LogP contribution in [0.1, 0.15) is 13.3 Å². The zero-order valence-corrected chi connectivity index (χ0v) is 11.0. The van der Waals surface area contributed by atoms with E-state index >= 15 is 0 Å². The maximum Gasteiger partial charge on any atom is 0.123 e. The van der Waals surface area contributed by atoms with Crippen LogP contribution in [0, 0.1) is 5.92 Å². The van der Waals surface area contributed by atoms with E-state index in [1.54, 1.807) is 12.7 Å². The summed E-state index contributed by atoms with van der Waals surface area (Å²) >= 11 is 0. The third kappa shape index (κ3) is 2.76. The van der Waals surface area contributed by atoms with E-state index in [-0.39, 0.29) is 0 Å². The molecule has 1 N–H and O–H groups in total. The summed E-state index contributed by atoms with van der Waals surface area (Å²) in [5.41, 5.74) is 2.18. The maximum atomic E-state index is 5.44. The molecular weight excluding hydrogens is 240 g/mol. The fourth-order valence-electron chi connectivity index (χ4n) is 2.42. The van der Waals surface area contributed by atoms with Crippen molar-refractivity contribution in [3.05, 3.63) is 36.9 Å². The lowest BCUT2D eigenvalue weighted by Gasteiger charge is -2.20. The van der Waals surface area contributed by atoms with Crippen LogP contribution in [0.2, 0.25) is 0 Å². The average Bonchev–Trinajstić information content (AvgIpc) is 3.13. The number of aromatic nitrogens is 3. The van der Waals surface area contributed by atoms with Gasteiger partial charge in [0.25, 0.3) is 0 Å². The van der Waals surface area contributed by atoms with Crippen molar-refractivity contribution in [2.24, 2.45) is 5.92 Å². The topological polar surface area (TPSA) is 52.0 Å². The molecule has 0 aliphatic carbocycles. The number of hydrogen-bond donors (Lipinski definition) is 1. The Hall–Kier alpha value is -1.88. The third-order valence-electron chi connectivity index (χ3n) is 3.63. The molecule has 3 rings (SSSR count). The third-order valence-corrected chi connectivity index (χ3v) is 3.63. The molecule has 2 atom stereocenters. The number of ether oxygens (including phenoxy) is 1. The highest BCUT2D eigenvalue weighted by Gasteiger charge is 2.22. The fraction of sp³-hybridized carbons (Fsp3) is 0.429. The smallest absolute Gasteiger partial charge is 0.123 e. The van der Waals surface area contributed by atoms with Gasteiger partial charge in [0.15, 0.2) is 0 Å². The number of rotatable bonds is 4. The van der Waals surface area contributed by atoms with Crippen LogP contribution in [0.25, 0.3) is 5.69 Å². The molecule has 2 heterocycles. The lowest BCUT2D eigenvalue weighted by atomic mass is 10.0. The molecule has 0 bridgehead atoms. The Morgan fingerprint density at radius 1 is 1.37 bits per heavy atom. The molecule has 0 saturated carbocycles. The van der Waals surface area contributed by atoms with Gasteiger partial charge in [0, 0.05) is 24.3 Å². The van der Waals surface area contributed by atoms with Gasteiger partial charge in [-0.3, -0.25) is 4.57 Å². The summed E-state index contributed by atoms with van der Waals surface area (Å²) in [5, 5.41) is 11.2. The van der Waals surface area contributed by atoms with Crippen molar-refractivity contribution >= 4 is 5.69 Å². The highest BCUT2D eigenvalue weighted by atomic mass is 16.5. The molecule has 0 amide bonds. The Kier molecular flexibility index (Phi) is 3.46. The first-order chi connectivity index (χ1) is 9.33. The number of hydrogen-bond acceptors (Lipinski definition) is 4. The minimum absolute atomic E-state index is 0.415. The van der Waals surface area contributed by atoms with E-state index < -0.39 is 0 Å². The highest BCUT2D eigenvalue weighted by molar-refractivity contribution is 5.51. The van der Waals surface area contributed by atoms with Crippen molar-refractivity contribution in [1.29, 1.82) is 0 Å². The molecule has 1 aromatic carbocycles. The van der Waals surface area contributed by atoms with Gasteiger partial charge >= 0.3 is 0 Å². The van der Waals surface area contributed by atoms with Crippen molar-refractivity contribution < 1.29 is 4.74 Å². The van der Waals surface area contributed by atoms with Crippen LogP contribution in [0.5, 0.6) is 0 Å². The first-order valence-corrected chi connectivity index (χ1v) is 6.62. The van der Waals surface area contributed by atoms with Crippen molar-refractivity contribution in [3.63, 3.8) is 0 Å². The molecule has 5 heteroatoms. The molecule has 0 spiro atoms. The van der Waals surface area contributed by atoms with E-state index in [2.05, 4.69) is 34.6 Å². The van der Waals surface area contributed by atoms with E-state index in [0.29, 0.717) is 12.0 Å². The van der Waals surface area contributed by atoms with Gasteiger partial charge in [-0.05, 0) is 31.5 Å². The molecule has 19 heavy (non-hydrogen) atoms. The number of anilines is 1. The van der Waals surface area contributed by atoms with E-state index in [0.717, 1.165) is 31.0 Å². The second kappa shape index (κ2) is 5.40. The minimum atomic E-state index is 0.415. The fourth-order valence-corrected chi connectivity index (χ4v) is 2.42. The highest BCUT2D eigenvalue weighted by Crippen LogP contribution is 2.21. The second-order valence-corrected chi connectivity index (χ2v) is 4.98. The van der Waals surface area contributed by atoms with Gasteiger partial charge in [-0.1, -0.05) is 6.07 Å². The molecule has 5 nitrogen and oxygen atoms in total. The van der Waals surface area contributed by atoms with Crippen LogP contribution in [-0.2, 0) is 4.74 Å². The van der Waals surface area contributed by atoms with Crippen molar-refractivity contribution in [1.82, 2.24) is 14.8 Å². The Morgan fingerprint density at radius 2 is 2.21 bits per heavy atom. The molecular formula is C14H18N4O. The van der Waals surface area contributed by atoms with E-state index in [1.165, 1.54) is 0 Å². The summed E-state index contributed by atoms with van der Waals surface area (Å²) < 4.78 is 7.34. The van der Waals surface area contributed by atoms with Crippen LogP contribution in [-0.4, -0.2) is 34.0 Å². The first kappa shape index (κ1) is 12.2. The van der Waals surface area contributed by atoms with Gasteiger partial charge in [0.1, 0.15) is 12.7 Å². The summed E-state index contributed by atoms with van der Waals surface area (Å²) in [6, 6.07) is 8.68. The lowest BCUT2D eigenvalue weighted by Crippen LogP contribution is -2.26. The predicted molar refractivity (Wildman–Crippen MR) is 73.4 cm³/mol. The van der Waals surface area contributed by atoms with Gasteiger partial charge in [0.2, 0.25) is 0 Å². The summed E-state index contributed by atoms with van der Waals surface area (Å²) in [7, 11) is 0. The molecule has 1 fully saturated rings. The largest absolute Gasteiger partial charge is 0.382 e. The summed E-state index contributed by atoms with van der Waals surface area (Å²) in [4.78, 5) is 0. The lowest BCUT2D eigenvalue weighted by molar-refractivity contribution is 0.183. The number of nitrogens with one attached hydrogen (secondary N) is 1. The summed E-state index contributed by atoms with van der Waals surface area (Å²) in [6.07, 6.45) is 4.54. The first-order valence-electron chi connectivity index (χ1n) is 6.62. The van der Waals surface area contributed by atoms with E-state index in [1.807, 2.05) is 16.7 Å². The molecule has 1 aromatic heterocycles. The standard InChI is InChI=1S/C14H18N4O/c1-11(12-5-6-19-8-12)17-13-3-2-4-14(7-13)18-9-15-16-10-18/h2-4,7,9-12,17H,5-6,8H2,1H3. The Balaban J connectivity index is 1.72. The zero-order valence-electron chi connectivity index (χ0n) is 11.0. The monoisotopic (exact) mass is 258 g/mol. The Bertz CT molecular complexity index is 520. The molecule has 2 aromatic rings. The predicted octanol–water partition coefficient (Wildman–Crippen LogP) is 2.10. The van der Waals surface area contributed by atoms with E-state index in [9.17, 15) is 0 Å². The van der Waals surface area contributed by atoms with Gasteiger partial charge in [0.05, 0.1) is 12.3 Å². The summed E-state index contributed by atoms with van der Waals surface area (Å²) in [6.45, 7) is 3.96. The molecule has 1 aliphatic rings. The molecule has 2 unspecified atom stereocenters. The minimum Gasteiger partial charge on any atom is -0.382 e. The van der Waals surface area contributed by atoms with Crippen LogP contribution >= 0.6 is 0 Å². The Labute approximate surface area is 112 Å². The number of benzene rings is 1. The van der Waals surface area contributed by atoms with Gasteiger partial charge in [-0.2, -0.15) is 0 Å². The van der Waals surface area contributed by atoms with Gasteiger partial charge in [-0.15, -0.1) is 10.2 Å². The average molecular weight is 258 g/mol. The second-order valence-electron chi connectivity index (χ2n) is 4.98. The molecule has 0 radical (unpaired) electrons. The number of nitrogens with zero attached hydrogens (tertiary/aromatic N) is 3.